The van der Waals surface area contributed by atoms with Crippen LogP contribution >= 0.6 is 0 Å². The third kappa shape index (κ3) is 5.36. The number of hydroxylamine groups is 1. The van der Waals surface area contributed by atoms with Crippen molar-refractivity contribution in [1.82, 2.24) is 20.9 Å². The molecule has 0 bridgehead atoms. The Balaban J connectivity index is 1.67. The summed E-state index contributed by atoms with van der Waals surface area (Å²) in [6.45, 7) is 4.52. The molecular weight excluding hydrogens is 446 g/mol. The van der Waals surface area contributed by atoms with Crippen molar-refractivity contribution < 1.29 is 14.7 Å². The van der Waals surface area contributed by atoms with Crippen LogP contribution < -0.4 is 26.2 Å². The number of hydrogen-bond donors (Lipinski definition) is 4. The lowest BCUT2D eigenvalue weighted by atomic mass is 10.00. The van der Waals surface area contributed by atoms with Crippen LogP contribution in [0.5, 0.6) is 5.75 Å². The number of aromatic amines is 1. The topological polar surface area (TPSA) is 120 Å². The summed E-state index contributed by atoms with van der Waals surface area (Å²) in [4.78, 5) is 32.2. The zero-order valence-corrected chi connectivity index (χ0v) is 20.2. The molecule has 184 valence electrons. The number of fused-ring (bicyclic) bond motifs is 1. The van der Waals surface area contributed by atoms with Crippen LogP contribution in [0, 0.1) is 0 Å². The predicted molar refractivity (Wildman–Crippen MR) is 134 cm³/mol. The van der Waals surface area contributed by atoms with Crippen molar-refractivity contribution in [3.63, 3.8) is 0 Å². The van der Waals surface area contributed by atoms with E-state index in [0.29, 0.717) is 30.3 Å². The number of rotatable bonds is 9. The van der Waals surface area contributed by atoms with Gasteiger partial charge in [-0.2, -0.15) is 0 Å². The van der Waals surface area contributed by atoms with Gasteiger partial charge in [0.1, 0.15) is 17.3 Å². The number of anilines is 1. The lowest BCUT2D eigenvalue weighted by molar-refractivity contribution is -0.128. The molecule has 0 saturated carbocycles. The van der Waals surface area contributed by atoms with Crippen LogP contribution in [-0.4, -0.2) is 34.7 Å². The third-order valence-electron chi connectivity index (χ3n) is 6.03. The standard InChI is InChI=1S/C26H31N5O4/c1-4-6-20-23-24(31(3)29-20)26(33)28-25(27-23)19-14-18(11-12-21(19)35-5-2)13-16-7-9-17(10-8-16)15-22(32)30-34/h7-12,14,20,29,34H,4-6,13,15H2,1-3H3,(H,30,32)(H,27,28,33). The van der Waals surface area contributed by atoms with E-state index in [1.54, 1.807) is 10.5 Å². The minimum Gasteiger partial charge on any atom is -0.493 e. The normalized spacial score (nSPS) is 14.6. The molecule has 4 N–H and O–H groups in total. The molecule has 35 heavy (non-hydrogen) atoms. The zero-order valence-electron chi connectivity index (χ0n) is 20.2. The maximum absolute atomic E-state index is 13.0. The van der Waals surface area contributed by atoms with E-state index in [0.717, 1.165) is 40.8 Å². The van der Waals surface area contributed by atoms with Crippen molar-refractivity contribution in [1.29, 1.82) is 0 Å². The van der Waals surface area contributed by atoms with E-state index in [1.165, 1.54) is 0 Å². The molecule has 0 radical (unpaired) electrons. The summed E-state index contributed by atoms with van der Waals surface area (Å²) in [7, 11) is 1.83. The summed E-state index contributed by atoms with van der Waals surface area (Å²) in [5, 5.41) is 10.5. The van der Waals surface area contributed by atoms with E-state index >= 15 is 0 Å². The van der Waals surface area contributed by atoms with E-state index in [4.69, 9.17) is 14.9 Å². The number of nitrogens with one attached hydrogen (secondary N) is 3. The number of ether oxygens (including phenoxy) is 1. The third-order valence-corrected chi connectivity index (χ3v) is 6.03. The van der Waals surface area contributed by atoms with Crippen molar-refractivity contribution in [2.75, 3.05) is 18.7 Å². The fraction of sp³-hybridized carbons (Fsp3) is 0.346. The first-order valence-corrected chi connectivity index (χ1v) is 11.8. The highest BCUT2D eigenvalue weighted by atomic mass is 16.5. The average Bonchev–Trinajstić information content (AvgIpc) is 3.17. The number of aromatic nitrogens is 2. The van der Waals surface area contributed by atoms with Crippen LogP contribution in [-0.2, 0) is 17.6 Å². The molecule has 0 saturated heterocycles. The van der Waals surface area contributed by atoms with Crippen LogP contribution in [0.4, 0.5) is 5.69 Å². The second-order valence-electron chi connectivity index (χ2n) is 8.65. The first kappa shape index (κ1) is 24.4. The van der Waals surface area contributed by atoms with Crippen LogP contribution in [0.3, 0.4) is 0 Å². The lowest BCUT2D eigenvalue weighted by Gasteiger charge is -2.14. The van der Waals surface area contributed by atoms with Gasteiger partial charge in [-0.1, -0.05) is 43.7 Å². The minimum absolute atomic E-state index is 0.00814. The number of amides is 1. The van der Waals surface area contributed by atoms with Gasteiger partial charge in [0.05, 0.1) is 30.3 Å². The monoisotopic (exact) mass is 477 g/mol. The molecular formula is C26H31N5O4. The first-order chi connectivity index (χ1) is 16.9. The molecule has 2 heterocycles. The molecule has 9 heteroatoms. The molecule has 3 aromatic rings. The van der Waals surface area contributed by atoms with Crippen LogP contribution in [0.15, 0.2) is 47.3 Å². The van der Waals surface area contributed by atoms with Crippen LogP contribution in [0.25, 0.3) is 11.4 Å². The molecule has 2 aromatic carbocycles. The van der Waals surface area contributed by atoms with Gasteiger partial charge in [0.2, 0.25) is 5.91 Å². The number of nitrogens with zero attached hydrogens (tertiary/aromatic N) is 2. The van der Waals surface area contributed by atoms with Crippen molar-refractivity contribution in [2.24, 2.45) is 0 Å². The Morgan fingerprint density at radius 3 is 2.54 bits per heavy atom. The highest BCUT2D eigenvalue weighted by Crippen LogP contribution is 2.34. The number of carbonyl (C=O) groups excluding carboxylic acids is 1. The van der Waals surface area contributed by atoms with Crippen molar-refractivity contribution in [3.05, 3.63) is 75.2 Å². The predicted octanol–water partition coefficient (Wildman–Crippen LogP) is 3.27. The molecule has 9 nitrogen and oxygen atoms in total. The van der Waals surface area contributed by atoms with Gasteiger partial charge < -0.3 is 14.7 Å². The van der Waals surface area contributed by atoms with Crippen molar-refractivity contribution in [2.45, 2.75) is 45.6 Å². The fourth-order valence-corrected chi connectivity index (χ4v) is 4.42. The quantitative estimate of drug-likeness (QED) is 0.276. The first-order valence-electron chi connectivity index (χ1n) is 11.8. The molecule has 0 aliphatic carbocycles. The largest absolute Gasteiger partial charge is 0.493 e. The number of benzene rings is 2. The Labute approximate surface area is 204 Å². The second-order valence-corrected chi connectivity index (χ2v) is 8.65. The van der Waals surface area contributed by atoms with Gasteiger partial charge in [-0.05, 0) is 48.6 Å². The molecule has 1 aliphatic rings. The van der Waals surface area contributed by atoms with Gasteiger partial charge in [-0.15, -0.1) is 0 Å². The number of carbonyl (C=O) groups is 1. The molecule has 1 aromatic heterocycles. The Bertz CT molecular complexity index is 1260. The van der Waals surface area contributed by atoms with E-state index < -0.39 is 5.91 Å². The van der Waals surface area contributed by atoms with E-state index in [9.17, 15) is 9.59 Å². The minimum atomic E-state index is -0.452. The molecule has 1 atom stereocenters. The average molecular weight is 478 g/mol. The van der Waals surface area contributed by atoms with Crippen molar-refractivity contribution in [3.8, 4) is 17.1 Å². The zero-order chi connectivity index (χ0) is 24.9. The number of hydrazine groups is 1. The molecule has 1 amide bonds. The highest BCUT2D eigenvalue weighted by Gasteiger charge is 2.30. The molecule has 4 rings (SSSR count). The Hall–Kier alpha value is -3.69. The maximum atomic E-state index is 13.0. The summed E-state index contributed by atoms with van der Waals surface area (Å²) in [5.41, 5.74) is 9.75. The summed E-state index contributed by atoms with van der Waals surface area (Å²) in [5.74, 6) is 0.700. The Morgan fingerprint density at radius 2 is 1.86 bits per heavy atom. The van der Waals surface area contributed by atoms with Crippen LogP contribution in [0.1, 0.15) is 55.1 Å². The van der Waals surface area contributed by atoms with Crippen molar-refractivity contribution >= 4 is 11.6 Å². The summed E-state index contributed by atoms with van der Waals surface area (Å²) < 4.78 is 5.87. The lowest BCUT2D eigenvalue weighted by Crippen LogP contribution is -2.32. The van der Waals surface area contributed by atoms with Gasteiger partial charge in [0.15, 0.2) is 0 Å². The van der Waals surface area contributed by atoms with Crippen LogP contribution in [0.2, 0.25) is 0 Å². The summed E-state index contributed by atoms with van der Waals surface area (Å²) in [6.07, 6.45) is 2.62. The smallest absolute Gasteiger partial charge is 0.276 e. The molecule has 1 aliphatic heterocycles. The van der Waals surface area contributed by atoms with Gasteiger partial charge in [-0.3, -0.25) is 14.8 Å². The maximum Gasteiger partial charge on any atom is 0.276 e. The second kappa shape index (κ2) is 10.7. The Kier molecular flexibility index (Phi) is 7.48. The van der Waals surface area contributed by atoms with Gasteiger partial charge >= 0.3 is 0 Å². The summed E-state index contributed by atoms with van der Waals surface area (Å²) >= 11 is 0. The number of H-pyrrole nitrogens is 1. The van der Waals surface area contributed by atoms with E-state index in [-0.39, 0.29) is 18.0 Å². The Morgan fingerprint density at radius 1 is 1.14 bits per heavy atom. The van der Waals surface area contributed by atoms with Gasteiger partial charge in [0, 0.05) is 7.05 Å². The number of hydrogen-bond acceptors (Lipinski definition) is 7. The summed E-state index contributed by atoms with van der Waals surface area (Å²) in [6, 6.07) is 13.6. The van der Waals surface area contributed by atoms with E-state index in [1.807, 2.05) is 56.4 Å². The SMILES string of the molecule is CCCC1NN(C)c2c1nc(-c1cc(Cc3ccc(CC(=O)NO)cc3)ccc1OCC)[nH]c2=O. The molecule has 1 unspecified atom stereocenters. The van der Waals surface area contributed by atoms with Gasteiger partial charge in [0.25, 0.3) is 5.56 Å². The van der Waals surface area contributed by atoms with E-state index in [2.05, 4.69) is 17.3 Å². The molecule has 0 fully saturated rings. The van der Waals surface area contributed by atoms with Gasteiger partial charge in [-0.25, -0.2) is 15.9 Å². The fourth-order valence-electron chi connectivity index (χ4n) is 4.42. The highest BCUT2D eigenvalue weighted by molar-refractivity contribution is 5.77. The molecule has 0 spiro atoms.